The van der Waals surface area contributed by atoms with Crippen LogP contribution < -0.4 is 20.1 Å². The van der Waals surface area contributed by atoms with Crippen LogP contribution in [0, 0.1) is 5.82 Å². The highest BCUT2D eigenvalue weighted by atomic mass is 19.1. The van der Waals surface area contributed by atoms with E-state index in [-0.39, 0.29) is 37.1 Å². The zero-order valence-electron chi connectivity index (χ0n) is 17.1. The van der Waals surface area contributed by atoms with Crippen molar-refractivity contribution in [3.63, 3.8) is 0 Å². The normalized spacial score (nSPS) is 16.6. The fourth-order valence-corrected chi connectivity index (χ4v) is 3.48. The summed E-state index contributed by atoms with van der Waals surface area (Å²) in [6.07, 6.45) is -0.0213. The Morgan fingerprint density at radius 1 is 1.20 bits per heavy atom. The number of ether oxygens (including phenoxy) is 2. The van der Waals surface area contributed by atoms with Gasteiger partial charge in [-0.25, -0.2) is 4.39 Å². The Bertz CT molecular complexity index is 906. The van der Waals surface area contributed by atoms with Crippen molar-refractivity contribution < 1.29 is 23.5 Å². The number of piperazine rings is 1. The number of methoxy groups -OCH3 is 2. The fraction of sp³-hybridized carbons (Fsp3) is 0.364. The molecule has 0 spiro atoms. The first-order valence-electron chi connectivity index (χ1n) is 9.74. The zero-order valence-corrected chi connectivity index (χ0v) is 17.1. The summed E-state index contributed by atoms with van der Waals surface area (Å²) in [5.74, 6) is 0.458. The van der Waals surface area contributed by atoms with Gasteiger partial charge in [0.1, 0.15) is 17.3 Å². The molecule has 1 fully saturated rings. The van der Waals surface area contributed by atoms with E-state index >= 15 is 0 Å². The number of nitrogens with zero attached hydrogens (tertiary/aromatic N) is 1. The Morgan fingerprint density at radius 3 is 2.73 bits per heavy atom. The molecule has 30 heavy (non-hydrogen) atoms. The second-order valence-electron chi connectivity index (χ2n) is 7.03. The van der Waals surface area contributed by atoms with E-state index in [4.69, 9.17) is 9.47 Å². The standard InChI is InChI=1S/C22H26FN3O4/c1-29-17-7-8-20(30-2)16(11-17)13-25-21(27)12-19-22(28)24-9-10-26(19)14-15-5-3-4-6-18(15)23/h3-8,11,19H,9-10,12-14H2,1-2H3,(H,24,28)(H,25,27)/t19-/m1/s1. The Morgan fingerprint density at radius 2 is 2.00 bits per heavy atom. The van der Waals surface area contributed by atoms with Crippen molar-refractivity contribution in [2.45, 2.75) is 25.6 Å². The van der Waals surface area contributed by atoms with E-state index in [0.29, 0.717) is 30.2 Å². The van der Waals surface area contributed by atoms with Crippen LogP contribution >= 0.6 is 0 Å². The molecule has 8 heteroatoms. The molecule has 1 aliphatic rings. The molecule has 2 aromatic rings. The maximum atomic E-state index is 14.0. The van der Waals surface area contributed by atoms with Gasteiger partial charge in [0.25, 0.3) is 0 Å². The van der Waals surface area contributed by atoms with Crippen molar-refractivity contribution in [2.24, 2.45) is 0 Å². The zero-order chi connectivity index (χ0) is 21.5. The minimum Gasteiger partial charge on any atom is -0.497 e. The third-order valence-corrected chi connectivity index (χ3v) is 5.12. The smallest absolute Gasteiger partial charge is 0.237 e. The van der Waals surface area contributed by atoms with Gasteiger partial charge in [0.15, 0.2) is 0 Å². The van der Waals surface area contributed by atoms with Crippen LogP contribution in [0.2, 0.25) is 0 Å². The predicted octanol–water partition coefficient (Wildman–Crippen LogP) is 1.85. The number of carbonyl (C=O) groups is 2. The number of hydrogen-bond acceptors (Lipinski definition) is 5. The summed E-state index contributed by atoms with van der Waals surface area (Å²) < 4.78 is 24.6. The molecule has 0 unspecified atom stereocenters. The maximum Gasteiger partial charge on any atom is 0.237 e. The Balaban J connectivity index is 1.65. The van der Waals surface area contributed by atoms with Gasteiger partial charge in [-0.15, -0.1) is 0 Å². The molecule has 0 radical (unpaired) electrons. The Kier molecular flexibility index (Phi) is 7.24. The number of hydrogen-bond donors (Lipinski definition) is 2. The minimum absolute atomic E-state index is 0.0213. The van der Waals surface area contributed by atoms with Crippen LogP contribution in [0.15, 0.2) is 42.5 Å². The summed E-state index contributed by atoms with van der Waals surface area (Å²) in [5.41, 5.74) is 1.26. The van der Waals surface area contributed by atoms with Gasteiger partial charge < -0.3 is 20.1 Å². The lowest BCUT2D eigenvalue weighted by molar-refractivity contribution is -0.134. The van der Waals surface area contributed by atoms with Gasteiger partial charge in [-0.1, -0.05) is 18.2 Å². The van der Waals surface area contributed by atoms with Gasteiger partial charge in [-0.2, -0.15) is 0 Å². The molecule has 160 valence electrons. The maximum absolute atomic E-state index is 14.0. The van der Waals surface area contributed by atoms with E-state index in [0.717, 1.165) is 5.56 Å². The molecule has 1 aliphatic heterocycles. The number of carbonyl (C=O) groups excluding carboxylic acids is 2. The summed E-state index contributed by atoms with van der Waals surface area (Å²) in [4.78, 5) is 26.8. The Labute approximate surface area is 175 Å². The van der Waals surface area contributed by atoms with Gasteiger partial charge in [-0.05, 0) is 24.3 Å². The van der Waals surface area contributed by atoms with Gasteiger partial charge in [0.2, 0.25) is 11.8 Å². The molecule has 2 N–H and O–H groups in total. The summed E-state index contributed by atoms with van der Waals surface area (Å²) >= 11 is 0. The van der Waals surface area contributed by atoms with Gasteiger partial charge in [-0.3, -0.25) is 14.5 Å². The lowest BCUT2D eigenvalue weighted by atomic mass is 10.1. The molecule has 0 bridgehead atoms. The number of amides is 2. The van der Waals surface area contributed by atoms with Crippen LogP contribution in [0.4, 0.5) is 4.39 Å². The second-order valence-corrected chi connectivity index (χ2v) is 7.03. The fourth-order valence-electron chi connectivity index (χ4n) is 3.48. The number of nitrogens with one attached hydrogen (secondary N) is 2. The van der Waals surface area contributed by atoms with Crippen molar-refractivity contribution in [2.75, 3.05) is 27.3 Å². The first-order valence-corrected chi connectivity index (χ1v) is 9.74. The average molecular weight is 415 g/mol. The molecule has 1 atom stereocenters. The quantitative estimate of drug-likeness (QED) is 0.688. The van der Waals surface area contributed by atoms with Gasteiger partial charge >= 0.3 is 0 Å². The van der Waals surface area contributed by atoms with E-state index in [1.54, 1.807) is 50.6 Å². The average Bonchev–Trinajstić information content (AvgIpc) is 2.76. The lowest BCUT2D eigenvalue weighted by Crippen LogP contribution is -2.56. The Hall–Kier alpha value is -3.13. The molecule has 1 heterocycles. The van der Waals surface area contributed by atoms with E-state index in [1.165, 1.54) is 6.07 Å². The largest absolute Gasteiger partial charge is 0.497 e. The van der Waals surface area contributed by atoms with Crippen molar-refractivity contribution >= 4 is 11.8 Å². The number of benzene rings is 2. The molecule has 2 amide bonds. The van der Waals surface area contributed by atoms with Crippen molar-refractivity contribution in [1.82, 2.24) is 15.5 Å². The van der Waals surface area contributed by atoms with Crippen LogP contribution in [-0.2, 0) is 22.7 Å². The van der Waals surface area contributed by atoms with Crippen LogP contribution in [0.25, 0.3) is 0 Å². The predicted molar refractivity (Wildman–Crippen MR) is 110 cm³/mol. The van der Waals surface area contributed by atoms with Crippen molar-refractivity contribution in [3.05, 3.63) is 59.4 Å². The highest BCUT2D eigenvalue weighted by molar-refractivity contribution is 5.88. The highest BCUT2D eigenvalue weighted by Crippen LogP contribution is 2.24. The minimum atomic E-state index is -0.662. The third kappa shape index (κ3) is 5.27. The molecule has 0 aromatic heterocycles. The topological polar surface area (TPSA) is 79.9 Å². The van der Waals surface area contributed by atoms with Gasteiger partial charge in [0, 0.05) is 37.3 Å². The van der Waals surface area contributed by atoms with Crippen LogP contribution in [-0.4, -0.2) is 50.1 Å². The van der Waals surface area contributed by atoms with E-state index in [9.17, 15) is 14.0 Å². The monoisotopic (exact) mass is 415 g/mol. The molecule has 3 rings (SSSR count). The molecular formula is C22H26FN3O4. The summed E-state index contributed by atoms with van der Waals surface area (Å²) in [7, 11) is 3.12. The molecule has 2 aromatic carbocycles. The van der Waals surface area contributed by atoms with Crippen molar-refractivity contribution in [1.29, 1.82) is 0 Å². The summed E-state index contributed by atoms with van der Waals surface area (Å²) in [6, 6.07) is 11.1. The van der Waals surface area contributed by atoms with E-state index in [2.05, 4.69) is 10.6 Å². The number of rotatable bonds is 8. The molecule has 0 aliphatic carbocycles. The summed E-state index contributed by atoms with van der Waals surface area (Å²) in [6.45, 7) is 1.51. The first kappa shape index (κ1) is 21.6. The molecular weight excluding hydrogens is 389 g/mol. The molecule has 0 saturated carbocycles. The molecule has 1 saturated heterocycles. The second kappa shape index (κ2) is 10.1. The van der Waals surface area contributed by atoms with Crippen LogP contribution in [0.3, 0.4) is 0 Å². The van der Waals surface area contributed by atoms with E-state index < -0.39 is 6.04 Å². The van der Waals surface area contributed by atoms with E-state index in [1.807, 2.05) is 4.90 Å². The first-order chi connectivity index (χ1) is 14.5. The highest BCUT2D eigenvalue weighted by Gasteiger charge is 2.32. The number of halogens is 1. The summed E-state index contributed by atoms with van der Waals surface area (Å²) in [5, 5.41) is 5.62. The lowest BCUT2D eigenvalue weighted by Gasteiger charge is -2.34. The van der Waals surface area contributed by atoms with Gasteiger partial charge in [0.05, 0.1) is 26.7 Å². The SMILES string of the molecule is COc1ccc(OC)c(CNC(=O)C[C@@H]2C(=O)NCCN2Cc2ccccc2F)c1. The molecule has 7 nitrogen and oxygen atoms in total. The van der Waals surface area contributed by atoms with Crippen LogP contribution in [0.5, 0.6) is 11.5 Å². The van der Waals surface area contributed by atoms with Crippen molar-refractivity contribution in [3.8, 4) is 11.5 Å². The van der Waals surface area contributed by atoms with Crippen LogP contribution in [0.1, 0.15) is 17.5 Å². The third-order valence-electron chi connectivity index (χ3n) is 5.12.